The Morgan fingerprint density at radius 1 is 1.29 bits per heavy atom. The molecule has 5 heteroatoms. The van der Waals surface area contributed by atoms with Gasteiger partial charge in [-0.25, -0.2) is 0 Å². The van der Waals surface area contributed by atoms with Crippen LogP contribution in [0, 0.1) is 13.8 Å². The number of thiophene rings is 1. The van der Waals surface area contributed by atoms with Gasteiger partial charge in [0.05, 0.1) is 0 Å². The molecule has 0 atom stereocenters. The van der Waals surface area contributed by atoms with Crippen molar-refractivity contribution in [2.75, 3.05) is 0 Å². The molecule has 0 aliphatic heterocycles. The summed E-state index contributed by atoms with van der Waals surface area (Å²) in [7, 11) is 0. The number of nitrogens with zero attached hydrogens (tertiary/aromatic N) is 1. The molecule has 0 saturated carbocycles. The van der Waals surface area contributed by atoms with Crippen LogP contribution in [-0.4, -0.2) is 16.7 Å². The molecule has 21 heavy (non-hydrogen) atoms. The Balaban J connectivity index is 1.79. The van der Waals surface area contributed by atoms with Gasteiger partial charge in [0.1, 0.15) is 0 Å². The molecule has 4 nitrogen and oxygen atoms in total. The molecule has 0 aromatic carbocycles. The average Bonchev–Trinajstić information content (AvgIpc) is 2.82. The van der Waals surface area contributed by atoms with Crippen molar-refractivity contribution in [3.8, 4) is 0 Å². The second-order valence-corrected chi connectivity index (χ2v) is 6.35. The van der Waals surface area contributed by atoms with Gasteiger partial charge < -0.3 is 5.32 Å². The van der Waals surface area contributed by atoms with Crippen LogP contribution in [0.15, 0.2) is 30.6 Å². The number of ketones is 1. The molecule has 0 radical (unpaired) electrons. The van der Waals surface area contributed by atoms with Crippen LogP contribution in [0.1, 0.15) is 38.5 Å². The number of hydrogen-bond acceptors (Lipinski definition) is 4. The van der Waals surface area contributed by atoms with Gasteiger partial charge in [0, 0.05) is 47.1 Å². The van der Waals surface area contributed by atoms with E-state index in [0.717, 1.165) is 20.9 Å². The van der Waals surface area contributed by atoms with Gasteiger partial charge >= 0.3 is 0 Å². The standard InChI is InChI=1S/C16H18N2O2S/c1-11-8-14(12(2)21-11)15(19)5-6-16(20)18-10-13-4-3-7-17-9-13/h3-4,7-9H,5-6,10H2,1-2H3,(H,18,20). The third-order valence-electron chi connectivity index (χ3n) is 3.13. The van der Waals surface area contributed by atoms with Crippen molar-refractivity contribution in [3.63, 3.8) is 0 Å². The van der Waals surface area contributed by atoms with E-state index in [0.29, 0.717) is 6.54 Å². The Hall–Kier alpha value is -2.01. The molecule has 1 amide bonds. The highest BCUT2D eigenvalue weighted by Gasteiger charge is 2.13. The largest absolute Gasteiger partial charge is 0.352 e. The first-order valence-electron chi connectivity index (χ1n) is 6.82. The number of hydrogen-bond donors (Lipinski definition) is 1. The minimum absolute atomic E-state index is 0.0355. The summed E-state index contributed by atoms with van der Waals surface area (Å²) < 4.78 is 0. The second-order valence-electron chi connectivity index (χ2n) is 4.89. The lowest BCUT2D eigenvalue weighted by Gasteiger charge is -2.04. The first-order chi connectivity index (χ1) is 10.1. The van der Waals surface area contributed by atoms with Crippen molar-refractivity contribution in [2.24, 2.45) is 0 Å². The molecule has 1 N–H and O–H groups in total. The van der Waals surface area contributed by atoms with Crippen LogP contribution in [-0.2, 0) is 11.3 Å². The van der Waals surface area contributed by atoms with Gasteiger partial charge in [-0.05, 0) is 31.5 Å². The van der Waals surface area contributed by atoms with Crippen LogP contribution in [0.5, 0.6) is 0 Å². The fourth-order valence-corrected chi connectivity index (χ4v) is 3.00. The summed E-state index contributed by atoms with van der Waals surface area (Å²) in [5, 5.41) is 2.80. The lowest BCUT2D eigenvalue weighted by Crippen LogP contribution is -2.23. The molecule has 0 fully saturated rings. The van der Waals surface area contributed by atoms with E-state index in [1.807, 2.05) is 32.0 Å². The highest BCUT2D eigenvalue weighted by Crippen LogP contribution is 2.22. The molecule has 0 aliphatic carbocycles. The Labute approximate surface area is 128 Å². The fraction of sp³-hybridized carbons (Fsp3) is 0.312. The molecule has 0 spiro atoms. The average molecular weight is 302 g/mol. The normalized spacial score (nSPS) is 10.4. The number of nitrogens with one attached hydrogen (secondary N) is 1. The van der Waals surface area contributed by atoms with E-state index in [-0.39, 0.29) is 24.5 Å². The first kappa shape index (κ1) is 15.4. The summed E-state index contributed by atoms with van der Waals surface area (Å²) in [5.74, 6) is -0.0785. The molecule has 2 heterocycles. The molecule has 0 unspecified atom stereocenters. The SMILES string of the molecule is Cc1cc(C(=O)CCC(=O)NCc2cccnc2)c(C)s1. The molecule has 110 valence electrons. The van der Waals surface area contributed by atoms with Gasteiger partial charge in [-0.2, -0.15) is 0 Å². The molecule has 0 aliphatic rings. The van der Waals surface area contributed by atoms with Gasteiger partial charge in [-0.3, -0.25) is 14.6 Å². The van der Waals surface area contributed by atoms with E-state index in [4.69, 9.17) is 0 Å². The number of carbonyl (C=O) groups excluding carboxylic acids is 2. The van der Waals surface area contributed by atoms with Crippen molar-refractivity contribution >= 4 is 23.0 Å². The monoisotopic (exact) mass is 302 g/mol. The van der Waals surface area contributed by atoms with Gasteiger partial charge in [-0.15, -0.1) is 11.3 Å². The molecule has 2 aromatic rings. The van der Waals surface area contributed by atoms with Crippen LogP contribution < -0.4 is 5.32 Å². The van der Waals surface area contributed by atoms with E-state index < -0.39 is 0 Å². The maximum Gasteiger partial charge on any atom is 0.220 e. The second kappa shape index (κ2) is 7.13. The number of Topliss-reactive ketones (excluding diaryl/α,β-unsaturated/α-hetero) is 1. The van der Waals surface area contributed by atoms with Crippen LogP contribution in [0.4, 0.5) is 0 Å². The van der Waals surface area contributed by atoms with Crippen molar-refractivity contribution in [2.45, 2.75) is 33.2 Å². The number of carbonyl (C=O) groups is 2. The van der Waals surface area contributed by atoms with E-state index in [1.54, 1.807) is 23.7 Å². The zero-order chi connectivity index (χ0) is 15.2. The van der Waals surface area contributed by atoms with Crippen molar-refractivity contribution < 1.29 is 9.59 Å². The molecule has 0 saturated heterocycles. The van der Waals surface area contributed by atoms with Crippen LogP contribution >= 0.6 is 11.3 Å². The number of aryl methyl sites for hydroxylation is 2. The minimum atomic E-state index is -0.114. The van der Waals surface area contributed by atoms with E-state index >= 15 is 0 Å². The van der Waals surface area contributed by atoms with Gasteiger partial charge in [-0.1, -0.05) is 6.07 Å². The van der Waals surface area contributed by atoms with Crippen LogP contribution in [0.2, 0.25) is 0 Å². The van der Waals surface area contributed by atoms with Crippen LogP contribution in [0.25, 0.3) is 0 Å². The Morgan fingerprint density at radius 3 is 2.71 bits per heavy atom. The van der Waals surface area contributed by atoms with E-state index in [9.17, 15) is 9.59 Å². The molecular weight excluding hydrogens is 284 g/mol. The number of amides is 1. The Bertz CT molecular complexity index is 635. The molecule has 2 aromatic heterocycles. The zero-order valence-electron chi connectivity index (χ0n) is 12.2. The molecule has 2 rings (SSSR count). The maximum absolute atomic E-state index is 12.1. The van der Waals surface area contributed by atoms with E-state index in [1.165, 1.54) is 0 Å². The summed E-state index contributed by atoms with van der Waals surface area (Å²) >= 11 is 1.61. The van der Waals surface area contributed by atoms with Crippen LogP contribution in [0.3, 0.4) is 0 Å². The first-order valence-corrected chi connectivity index (χ1v) is 7.63. The van der Waals surface area contributed by atoms with E-state index in [2.05, 4.69) is 10.3 Å². The lowest BCUT2D eigenvalue weighted by atomic mass is 10.1. The topological polar surface area (TPSA) is 59.1 Å². The van der Waals surface area contributed by atoms with Gasteiger partial charge in [0.15, 0.2) is 5.78 Å². The maximum atomic E-state index is 12.1. The zero-order valence-corrected chi connectivity index (χ0v) is 13.0. The predicted octanol–water partition coefficient (Wildman–Crippen LogP) is 3.04. The minimum Gasteiger partial charge on any atom is -0.352 e. The highest BCUT2D eigenvalue weighted by atomic mass is 32.1. The predicted molar refractivity (Wildman–Crippen MR) is 83.4 cm³/mol. The number of aromatic nitrogens is 1. The third-order valence-corrected chi connectivity index (χ3v) is 4.10. The summed E-state index contributed by atoms with van der Waals surface area (Å²) in [4.78, 5) is 30.0. The summed E-state index contributed by atoms with van der Waals surface area (Å²) in [6.45, 7) is 4.36. The lowest BCUT2D eigenvalue weighted by molar-refractivity contribution is -0.121. The van der Waals surface area contributed by atoms with Crippen molar-refractivity contribution in [3.05, 3.63) is 51.5 Å². The Kier molecular flexibility index (Phi) is 5.22. The van der Waals surface area contributed by atoms with Gasteiger partial charge in [0.2, 0.25) is 5.91 Å². The highest BCUT2D eigenvalue weighted by molar-refractivity contribution is 7.12. The molecule has 0 bridgehead atoms. The smallest absolute Gasteiger partial charge is 0.220 e. The fourth-order valence-electron chi connectivity index (χ4n) is 2.06. The summed E-state index contributed by atoms with van der Waals surface area (Å²) in [5.41, 5.74) is 1.69. The number of pyridine rings is 1. The Morgan fingerprint density at radius 2 is 2.10 bits per heavy atom. The number of rotatable bonds is 6. The van der Waals surface area contributed by atoms with Crippen molar-refractivity contribution in [1.82, 2.24) is 10.3 Å². The molecular formula is C16H18N2O2S. The van der Waals surface area contributed by atoms with Gasteiger partial charge in [0.25, 0.3) is 0 Å². The third kappa shape index (κ3) is 4.49. The van der Waals surface area contributed by atoms with Crippen molar-refractivity contribution in [1.29, 1.82) is 0 Å². The quantitative estimate of drug-likeness (QED) is 0.834. The summed E-state index contributed by atoms with van der Waals surface area (Å²) in [6.07, 6.45) is 3.86. The summed E-state index contributed by atoms with van der Waals surface area (Å²) in [6, 6.07) is 5.62.